The van der Waals surface area contributed by atoms with Gasteiger partial charge < -0.3 is 9.30 Å². The zero-order chi connectivity index (χ0) is 26.7. The minimum absolute atomic E-state index is 0.0546. The van der Waals surface area contributed by atoms with Crippen molar-refractivity contribution < 1.29 is 22.7 Å². The van der Waals surface area contributed by atoms with Crippen LogP contribution < -0.4 is 4.74 Å². The van der Waals surface area contributed by atoms with Gasteiger partial charge in [0.25, 0.3) is 0 Å². The van der Waals surface area contributed by atoms with Gasteiger partial charge in [0.2, 0.25) is 0 Å². The third-order valence-electron chi connectivity index (χ3n) is 7.89. The second-order valence-electron chi connectivity index (χ2n) is 10.4. The minimum Gasteiger partial charge on any atom is -0.434 e. The van der Waals surface area contributed by atoms with Gasteiger partial charge in [0.1, 0.15) is 17.4 Å². The molecule has 9 heteroatoms. The molecule has 4 aromatic rings. The fourth-order valence-corrected chi connectivity index (χ4v) is 6.07. The van der Waals surface area contributed by atoms with Gasteiger partial charge in [-0.15, -0.1) is 0 Å². The van der Waals surface area contributed by atoms with Crippen LogP contribution in [0.1, 0.15) is 70.8 Å². The van der Waals surface area contributed by atoms with Crippen LogP contribution in [0.25, 0.3) is 22.2 Å². The number of imidazole rings is 1. The number of nitrogens with zero attached hydrogens (tertiary/aromatic N) is 4. The van der Waals surface area contributed by atoms with Gasteiger partial charge in [-0.1, -0.05) is 19.1 Å². The molecule has 0 spiro atoms. The van der Waals surface area contributed by atoms with Crippen molar-refractivity contribution in [3.63, 3.8) is 0 Å². The number of hydrogen-bond acceptors (Lipinski definition) is 5. The van der Waals surface area contributed by atoms with Gasteiger partial charge in [-0.25, -0.2) is 9.37 Å². The third kappa shape index (κ3) is 3.88. The molecule has 0 radical (unpaired) electrons. The Morgan fingerprint density at radius 2 is 2.03 bits per heavy atom. The van der Waals surface area contributed by atoms with Gasteiger partial charge in [0, 0.05) is 40.2 Å². The van der Waals surface area contributed by atoms with E-state index in [1.54, 1.807) is 18.3 Å². The van der Waals surface area contributed by atoms with Gasteiger partial charge in [-0.05, 0) is 63.0 Å². The van der Waals surface area contributed by atoms with Gasteiger partial charge in [0.15, 0.2) is 6.29 Å². The van der Waals surface area contributed by atoms with Crippen LogP contribution >= 0.6 is 0 Å². The molecule has 0 fully saturated rings. The molecule has 2 aliphatic rings. The number of carbonyl (C=O) groups is 1. The van der Waals surface area contributed by atoms with Crippen LogP contribution in [0.4, 0.5) is 13.2 Å². The number of rotatable bonds is 6. The molecule has 2 aromatic heterocycles. The lowest BCUT2D eigenvalue weighted by Crippen LogP contribution is -2.18. The summed E-state index contributed by atoms with van der Waals surface area (Å²) in [5.41, 5.74) is 5.02. The van der Waals surface area contributed by atoms with Crippen molar-refractivity contribution in [1.82, 2.24) is 19.4 Å². The first-order valence-corrected chi connectivity index (χ1v) is 12.7. The number of alkyl halides is 2. The highest BCUT2D eigenvalue weighted by atomic mass is 19.3. The molecule has 6 rings (SSSR count). The normalized spacial score (nSPS) is 20.4. The summed E-state index contributed by atoms with van der Waals surface area (Å²) in [7, 11) is 3.81. The third-order valence-corrected chi connectivity index (χ3v) is 7.89. The van der Waals surface area contributed by atoms with Gasteiger partial charge >= 0.3 is 6.61 Å². The van der Waals surface area contributed by atoms with Crippen LogP contribution in [-0.4, -0.2) is 46.4 Å². The highest BCUT2D eigenvalue weighted by Gasteiger charge is 2.39. The standard InChI is InChI=1S/C29H27F3N4O2/c1-15-7-8-16-9-18(13-33-27(15)16)19-10-22-21(11-20(19)30)34-28-24(35(2)3)12-23(36(22)28)26-17(14-37)5-4-6-25(26)38-29(31)32/h4-6,9-11,13-15,23-24,29H,7-8,12H2,1-3H3. The molecule has 196 valence electrons. The second-order valence-corrected chi connectivity index (χ2v) is 10.4. The maximum atomic E-state index is 15.5. The summed E-state index contributed by atoms with van der Waals surface area (Å²) < 4.78 is 48.9. The van der Waals surface area contributed by atoms with Crippen LogP contribution in [0.15, 0.2) is 42.6 Å². The van der Waals surface area contributed by atoms with E-state index in [0.717, 1.165) is 24.1 Å². The summed E-state index contributed by atoms with van der Waals surface area (Å²) in [5, 5.41) is 0. The van der Waals surface area contributed by atoms with Crippen molar-refractivity contribution in [3.05, 3.63) is 76.6 Å². The van der Waals surface area contributed by atoms with E-state index in [-0.39, 0.29) is 17.4 Å². The van der Waals surface area contributed by atoms with Crippen molar-refractivity contribution >= 4 is 17.3 Å². The molecule has 0 saturated carbocycles. The van der Waals surface area contributed by atoms with Gasteiger partial charge in [-0.3, -0.25) is 14.7 Å². The Bertz CT molecular complexity index is 1570. The number of carbonyl (C=O) groups excluding carboxylic acids is 1. The number of benzene rings is 2. The molecule has 0 bridgehead atoms. The molecule has 3 unspecified atom stereocenters. The molecule has 3 heterocycles. The lowest BCUT2D eigenvalue weighted by molar-refractivity contribution is -0.0507. The van der Waals surface area contributed by atoms with E-state index >= 15 is 4.39 Å². The Labute approximate surface area is 218 Å². The molecular weight excluding hydrogens is 493 g/mol. The maximum absolute atomic E-state index is 15.5. The molecule has 3 atom stereocenters. The summed E-state index contributed by atoms with van der Waals surface area (Å²) in [6, 6.07) is 9.03. The zero-order valence-corrected chi connectivity index (χ0v) is 21.3. The van der Waals surface area contributed by atoms with Crippen molar-refractivity contribution in [3.8, 4) is 16.9 Å². The van der Waals surface area contributed by atoms with E-state index in [2.05, 4.69) is 11.9 Å². The molecule has 0 saturated heterocycles. The zero-order valence-electron chi connectivity index (χ0n) is 21.3. The highest BCUT2D eigenvalue weighted by molar-refractivity contribution is 5.85. The van der Waals surface area contributed by atoms with Crippen LogP contribution in [0.2, 0.25) is 0 Å². The molecule has 1 aliphatic carbocycles. The van der Waals surface area contributed by atoms with E-state index in [1.807, 2.05) is 29.6 Å². The van der Waals surface area contributed by atoms with Crippen molar-refractivity contribution in [2.24, 2.45) is 0 Å². The van der Waals surface area contributed by atoms with E-state index in [0.29, 0.717) is 52.2 Å². The van der Waals surface area contributed by atoms with Crippen molar-refractivity contribution in [1.29, 1.82) is 0 Å². The average Bonchev–Trinajstić information content (AvgIpc) is 3.55. The Balaban J connectivity index is 1.56. The Morgan fingerprint density at radius 3 is 2.76 bits per heavy atom. The number of aryl methyl sites for hydroxylation is 1. The topological polar surface area (TPSA) is 60.3 Å². The van der Waals surface area contributed by atoms with E-state index in [4.69, 9.17) is 9.72 Å². The summed E-state index contributed by atoms with van der Waals surface area (Å²) >= 11 is 0. The highest BCUT2D eigenvalue weighted by Crippen LogP contribution is 2.47. The summed E-state index contributed by atoms with van der Waals surface area (Å²) in [6.45, 7) is -0.901. The Kier molecular flexibility index (Phi) is 5.98. The molecule has 0 amide bonds. The van der Waals surface area contributed by atoms with Crippen molar-refractivity contribution in [2.45, 2.75) is 50.8 Å². The fourth-order valence-electron chi connectivity index (χ4n) is 6.07. The van der Waals surface area contributed by atoms with E-state index < -0.39 is 18.5 Å². The second kappa shape index (κ2) is 9.23. The number of aromatic nitrogens is 3. The monoisotopic (exact) mass is 520 g/mol. The number of hydrogen-bond donors (Lipinski definition) is 0. The van der Waals surface area contributed by atoms with Crippen molar-refractivity contribution in [2.75, 3.05) is 14.1 Å². The van der Waals surface area contributed by atoms with Crippen LogP contribution in [0.5, 0.6) is 5.75 Å². The first-order chi connectivity index (χ1) is 18.3. The number of ether oxygens (including phenoxy) is 1. The minimum atomic E-state index is -3.04. The van der Waals surface area contributed by atoms with Crippen LogP contribution in [-0.2, 0) is 6.42 Å². The average molecular weight is 521 g/mol. The van der Waals surface area contributed by atoms with Crippen LogP contribution in [0.3, 0.4) is 0 Å². The lowest BCUT2D eigenvalue weighted by Gasteiger charge is -2.22. The van der Waals surface area contributed by atoms with Crippen LogP contribution in [0, 0.1) is 5.82 Å². The largest absolute Gasteiger partial charge is 0.434 e. The molecule has 6 nitrogen and oxygen atoms in total. The predicted molar refractivity (Wildman–Crippen MR) is 137 cm³/mol. The fraction of sp³-hybridized carbons (Fsp3) is 0.345. The van der Waals surface area contributed by atoms with Gasteiger partial charge in [0.05, 0.1) is 23.1 Å². The Morgan fingerprint density at radius 1 is 1.21 bits per heavy atom. The first-order valence-electron chi connectivity index (χ1n) is 12.7. The SMILES string of the molecule is CC1CCc2cc(-c3cc4c(cc3F)nc3n4C(c4c(C=O)cccc4OC(F)F)CC3N(C)C)cnc21. The molecular formula is C29H27F3N4O2. The molecule has 38 heavy (non-hydrogen) atoms. The first kappa shape index (κ1) is 24.6. The van der Waals surface area contributed by atoms with Gasteiger partial charge in [-0.2, -0.15) is 8.78 Å². The molecule has 1 aliphatic heterocycles. The molecule has 0 N–H and O–H groups in total. The molecule has 2 aromatic carbocycles. The number of fused-ring (bicyclic) bond motifs is 4. The van der Waals surface area contributed by atoms with E-state index in [1.165, 1.54) is 18.2 Å². The van der Waals surface area contributed by atoms with E-state index in [9.17, 15) is 13.6 Å². The smallest absolute Gasteiger partial charge is 0.387 e. The maximum Gasteiger partial charge on any atom is 0.387 e. The summed E-state index contributed by atoms with van der Waals surface area (Å²) in [6.07, 6.45) is 4.78. The Hall–Kier alpha value is -3.72. The summed E-state index contributed by atoms with van der Waals surface area (Å²) in [4.78, 5) is 23.4. The quantitative estimate of drug-likeness (QED) is 0.280. The lowest BCUT2D eigenvalue weighted by atomic mass is 9.96. The summed E-state index contributed by atoms with van der Waals surface area (Å²) in [5.74, 6) is 0.600. The number of halogens is 3. The number of aldehydes is 1. The predicted octanol–water partition coefficient (Wildman–Crippen LogP) is 6.30. The number of pyridine rings is 1.